The second-order valence-corrected chi connectivity index (χ2v) is 7.54. The van der Waals surface area contributed by atoms with Crippen LogP contribution in [0.4, 0.5) is 5.82 Å². The molecule has 0 saturated heterocycles. The number of aromatic nitrogens is 2. The molecule has 0 unspecified atom stereocenters. The molecular weight excluding hydrogens is 390 g/mol. The van der Waals surface area contributed by atoms with E-state index >= 15 is 0 Å². The van der Waals surface area contributed by atoms with Crippen LogP contribution in [0.3, 0.4) is 0 Å². The normalized spacial score (nSPS) is 10.6. The number of rotatable bonds is 9. The topological polar surface area (TPSA) is 106 Å². The van der Waals surface area contributed by atoms with E-state index in [9.17, 15) is 10.1 Å². The van der Waals surface area contributed by atoms with E-state index in [-0.39, 0.29) is 12.5 Å². The Hall–Kier alpha value is -3.79. The van der Waals surface area contributed by atoms with Gasteiger partial charge in [0, 0.05) is 6.54 Å². The van der Waals surface area contributed by atoms with Crippen molar-refractivity contribution < 1.29 is 9.53 Å². The predicted octanol–water partition coefficient (Wildman–Crippen LogP) is 3.58. The first kappa shape index (κ1) is 21.9. The first-order chi connectivity index (χ1) is 15.0. The van der Waals surface area contributed by atoms with Gasteiger partial charge in [-0.05, 0) is 48.6 Å². The number of benzene rings is 2. The Morgan fingerprint density at radius 1 is 1.23 bits per heavy atom. The predicted molar refractivity (Wildman–Crippen MR) is 120 cm³/mol. The van der Waals surface area contributed by atoms with Crippen molar-refractivity contribution >= 4 is 11.7 Å². The zero-order valence-electron chi connectivity index (χ0n) is 17.8. The molecule has 31 heavy (non-hydrogen) atoms. The average Bonchev–Trinajstić information content (AvgIpc) is 3.11. The molecule has 7 nitrogen and oxygen atoms in total. The van der Waals surface area contributed by atoms with E-state index in [0.717, 1.165) is 5.69 Å². The van der Waals surface area contributed by atoms with Crippen molar-refractivity contribution in [3.05, 3.63) is 71.4 Å². The first-order valence-electron chi connectivity index (χ1n) is 10.3. The summed E-state index contributed by atoms with van der Waals surface area (Å²) in [6.07, 6.45) is 1.17. The van der Waals surface area contributed by atoms with Crippen molar-refractivity contribution in [2.45, 2.75) is 32.6 Å². The molecule has 1 amide bonds. The minimum Gasteiger partial charge on any atom is -0.484 e. The fourth-order valence-electron chi connectivity index (χ4n) is 3.19. The minimum absolute atomic E-state index is 0.0411. The minimum atomic E-state index is -0.190. The van der Waals surface area contributed by atoms with Crippen molar-refractivity contribution in [1.82, 2.24) is 15.1 Å². The van der Waals surface area contributed by atoms with Gasteiger partial charge in [-0.3, -0.25) is 4.79 Å². The molecule has 3 aromatic rings. The summed E-state index contributed by atoms with van der Waals surface area (Å²) in [6.45, 7) is 4.64. The van der Waals surface area contributed by atoms with Crippen LogP contribution in [0.1, 0.15) is 43.0 Å². The standard InChI is InChI=1S/C24H27N5O2/c1-17(2)18-8-6-11-20(14-18)31-16-23(30)27-13-7-12-22-21(15-25)24(26)29(28-22)19-9-4-3-5-10-19/h3-6,8-11,14,17H,7,12-13,16,26H2,1-2H3,(H,27,30). The summed E-state index contributed by atoms with van der Waals surface area (Å²) >= 11 is 0. The van der Waals surface area contributed by atoms with Gasteiger partial charge >= 0.3 is 0 Å². The SMILES string of the molecule is CC(C)c1cccc(OCC(=O)NCCCc2nn(-c3ccccc3)c(N)c2C#N)c1. The monoisotopic (exact) mass is 417 g/mol. The maximum atomic E-state index is 12.1. The third kappa shape index (κ3) is 5.64. The van der Waals surface area contributed by atoms with Crippen LogP contribution in [-0.2, 0) is 11.2 Å². The van der Waals surface area contributed by atoms with Gasteiger partial charge in [-0.15, -0.1) is 0 Å². The first-order valence-corrected chi connectivity index (χ1v) is 10.3. The largest absolute Gasteiger partial charge is 0.484 e. The van der Waals surface area contributed by atoms with Crippen LogP contribution in [0.2, 0.25) is 0 Å². The maximum Gasteiger partial charge on any atom is 0.257 e. The third-order valence-electron chi connectivity index (χ3n) is 4.91. The molecule has 0 aliphatic heterocycles. The quantitative estimate of drug-likeness (QED) is 0.518. The van der Waals surface area contributed by atoms with Gasteiger partial charge in [-0.1, -0.05) is 44.2 Å². The number of carbonyl (C=O) groups is 1. The van der Waals surface area contributed by atoms with Crippen LogP contribution < -0.4 is 15.8 Å². The van der Waals surface area contributed by atoms with Crippen LogP contribution in [-0.4, -0.2) is 28.8 Å². The highest BCUT2D eigenvalue weighted by atomic mass is 16.5. The number of nitriles is 1. The third-order valence-corrected chi connectivity index (χ3v) is 4.91. The van der Waals surface area contributed by atoms with Gasteiger partial charge in [0.1, 0.15) is 23.2 Å². The Balaban J connectivity index is 1.49. The number of anilines is 1. The van der Waals surface area contributed by atoms with Crippen LogP contribution in [0.25, 0.3) is 5.69 Å². The Kier molecular flexibility index (Phi) is 7.28. The molecule has 0 aliphatic rings. The number of nitrogens with zero attached hydrogens (tertiary/aromatic N) is 3. The van der Waals surface area contributed by atoms with E-state index in [0.29, 0.717) is 48.1 Å². The number of carbonyl (C=O) groups excluding carboxylic acids is 1. The molecule has 0 saturated carbocycles. The molecule has 0 aliphatic carbocycles. The van der Waals surface area contributed by atoms with Crippen molar-refractivity contribution in [3.63, 3.8) is 0 Å². The van der Waals surface area contributed by atoms with Crippen LogP contribution in [0.15, 0.2) is 54.6 Å². The molecule has 0 atom stereocenters. The summed E-state index contributed by atoms with van der Waals surface area (Å²) < 4.78 is 7.17. The zero-order chi connectivity index (χ0) is 22.2. The van der Waals surface area contributed by atoms with Crippen molar-refractivity contribution in [1.29, 1.82) is 5.26 Å². The molecule has 1 aromatic heterocycles. The second kappa shape index (κ2) is 10.3. The van der Waals surface area contributed by atoms with E-state index in [4.69, 9.17) is 10.5 Å². The van der Waals surface area contributed by atoms with Crippen LogP contribution >= 0.6 is 0 Å². The molecule has 0 radical (unpaired) electrons. The molecule has 0 fully saturated rings. The number of hydrogen-bond donors (Lipinski definition) is 2. The Bertz CT molecular complexity index is 1070. The van der Waals surface area contributed by atoms with Gasteiger partial charge in [-0.2, -0.15) is 10.4 Å². The Labute approximate surface area is 182 Å². The Morgan fingerprint density at radius 3 is 2.71 bits per heavy atom. The Morgan fingerprint density at radius 2 is 2.00 bits per heavy atom. The van der Waals surface area contributed by atoms with Crippen molar-refractivity contribution in [2.75, 3.05) is 18.9 Å². The van der Waals surface area contributed by atoms with E-state index in [1.54, 1.807) is 4.68 Å². The van der Waals surface area contributed by atoms with Crippen molar-refractivity contribution in [2.24, 2.45) is 0 Å². The highest BCUT2D eigenvalue weighted by Crippen LogP contribution is 2.22. The molecule has 160 valence electrons. The average molecular weight is 418 g/mol. The van der Waals surface area contributed by atoms with E-state index in [2.05, 4.69) is 30.3 Å². The highest BCUT2D eigenvalue weighted by molar-refractivity contribution is 5.77. The smallest absolute Gasteiger partial charge is 0.257 e. The lowest BCUT2D eigenvalue weighted by Crippen LogP contribution is -2.30. The molecule has 1 heterocycles. The number of amides is 1. The van der Waals surface area contributed by atoms with Crippen LogP contribution in [0, 0.1) is 11.3 Å². The van der Waals surface area contributed by atoms with E-state index in [1.807, 2.05) is 54.6 Å². The molecule has 0 bridgehead atoms. The highest BCUT2D eigenvalue weighted by Gasteiger charge is 2.16. The van der Waals surface area contributed by atoms with Gasteiger partial charge in [0.05, 0.1) is 11.4 Å². The molecule has 7 heteroatoms. The fourth-order valence-corrected chi connectivity index (χ4v) is 3.19. The number of nitrogens with two attached hydrogens (primary N) is 1. The molecule has 3 N–H and O–H groups in total. The maximum absolute atomic E-state index is 12.1. The molecule has 2 aromatic carbocycles. The molecule has 3 rings (SSSR count). The number of ether oxygens (including phenoxy) is 1. The number of para-hydroxylation sites is 1. The number of nitrogen functional groups attached to an aromatic ring is 1. The number of hydrogen-bond acceptors (Lipinski definition) is 5. The summed E-state index contributed by atoms with van der Waals surface area (Å²) in [6, 6.07) is 19.3. The number of nitrogens with one attached hydrogen (secondary N) is 1. The molecule has 0 spiro atoms. The van der Waals surface area contributed by atoms with Gasteiger partial charge < -0.3 is 15.8 Å². The fraction of sp³-hybridized carbons (Fsp3) is 0.292. The second-order valence-electron chi connectivity index (χ2n) is 7.54. The van der Waals surface area contributed by atoms with Gasteiger partial charge in [0.15, 0.2) is 6.61 Å². The summed E-state index contributed by atoms with van der Waals surface area (Å²) in [4.78, 5) is 12.1. The summed E-state index contributed by atoms with van der Waals surface area (Å²) in [5.41, 5.74) is 9.09. The summed E-state index contributed by atoms with van der Waals surface area (Å²) in [5, 5.41) is 16.8. The molecular formula is C24H27N5O2. The van der Waals surface area contributed by atoms with E-state index in [1.165, 1.54) is 5.56 Å². The lowest BCUT2D eigenvalue weighted by atomic mass is 10.0. The lowest BCUT2D eigenvalue weighted by Gasteiger charge is -2.10. The van der Waals surface area contributed by atoms with Crippen LogP contribution in [0.5, 0.6) is 5.75 Å². The summed E-state index contributed by atoms with van der Waals surface area (Å²) in [7, 11) is 0. The van der Waals surface area contributed by atoms with Crippen molar-refractivity contribution in [3.8, 4) is 17.5 Å². The van der Waals surface area contributed by atoms with Gasteiger partial charge in [0.25, 0.3) is 5.91 Å². The lowest BCUT2D eigenvalue weighted by molar-refractivity contribution is -0.123. The van der Waals surface area contributed by atoms with E-state index < -0.39 is 0 Å². The number of aryl methyl sites for hydroxylation is 1. The zero-order valence-corrected chi connectivity index (χ0v) is 17.8. The van der Waals surface area contributed by atoms with Gasteiger partial charge in [0.2, 0.25) is 0 Å². The van der Waals surface area contributed by atoms with Gasteiger partial charge in [-0.25, -0.2) is 4.68 Å². The summed E-state index contributed by atoms with van der Waals surface area (Å²) in [5.74, 6) is 1.21.